The fraction of sp³-hybridized carbons (Fsp3) is 0.500. The maximum absolute atomic E-state index is 12.0. The highest BCUT2D eigenvalue weighted by Crippen LogP contribution is 1.98. The van der Waals surface area contributed by atoms with Gasteiger partial charge in [0, 0.05) is 6.54 Å². The fourth-order valence-electron chi connectivity index (χ4n) is 2.32. The van der Waals surface area contributed by atoms with E-state index in [4.69, 9.17) is 5.11 Å². The van der Waals surface area contributed by atoms with Gasteiger partial charge in [-0.2, -0.15) is 0 Å². The van der Waals surface area contributed by atoms with Gasteiger partial charge in [-0.3, -0.25) is 0 Å². The Morgan fingerprint density at radius 3 is 2.58 bits per heavy atom. The first-order chi connectivity index (χ1) is 9.29. The van der Waals surface area contributed by atoms with Crippen LogP contribution in [-0.2, 0) is 6.54 Å². The quantitative estimate of drug-likeness (QED) is 0.659. The maximum Gasteiger partial charge on any atom is 0.318 e. The van der Waals surface area contributed by atoms with Crippen molar-refractivity contribution in [3.05, 3.63) is 35.9 Å². The monoisotopic (exact) mass is 264 g/mol. The molecule has 2 amide bonds. The molecule has 5 nitrogen and oxygen atoms in total. The molecule has 1 aromatic carbocycles. The summed E-state index contributed by atoms with van der Waals surface area (Å²) in [4.78, 5) is 15.2. The van der Waals surface area contributed by atoms with Crippen molar-refractivity contribution in [1.82, 2.24) is 10.2 Å². The van der Waals surface area contributed by atoms with E-state index in [1.54, 1.807) is 0 Å². The van der Waals surface area contributed by atoms with Crippen molar-refractivity contribution in [2.75, 3.05) is 39.3 Å². The lowest BCUT2D eigenvalue weighted by Crippen LogP contribution is -3.15. The second-order valence-corrected chi connectivity index (χ2v) is 4.85. The smallest absolute Gasteiger partial charge is 0.318 e. The van der Waals surface area contributed by atoms with E-state index < -0.39 is 0 Å². The van der Waals surface area contributed by atoms with Crippen molar-refractivity contribution in [2.24, 2.45) is 0 Å². The lowest BCUT2D eigenvalue weighted by atomic mass is 10.2. The molecule has 0 aliphatic carbocycles. The van der Waals surface area contributed by atoms with Crippen LogP contribution in [0.25, 0.3) is 0 Å². The van der Waals surface area contributed by atoms with Gasteiger partial charge < -0.3 is 20.2 Å². The molecular formula is C14H22N3O2+. The van der Waals surface area contributed by atoms with Crippen molar-refractivity contribution < 1.29 is 14.8 Å². The van der Waals surface area contributed by atoms with Gasteiger partial charge in [0.2, 0.25) is 0 Å². The zero-order valence-electron chi connectivity index (χ0n) is 11.1. The highest BCUT2D eigenvalue weighted by atomic mass is 16.3. The molecule has 104 valence electrons. The third-order valence-electron chi connectivity index (χ3n) is 3.51. The summed E-state index contributed by atoms with van der Waals surface area (Å²) in [6.45, 7) is 4.92. The van der Waals surface area contributed by atoms with Crippen LogP contribution >= 0.6 is 0 Å². The van der Waals surface area contributed by atoms with E-state index in [1.807, 2.05) is 35.2 Å². The normalized spacial score (nSPS) is 16.4. The molecule has 1 heterocycles. The average molecular weight is 264 g/mol. The largest absolute Gasteiger partial charge is 0.391 e. The first-order valence-corrected chi connectivity index (χ1v) is 6.80. The number of nitrogens with one attached hydrogen (secondary N) is 2. The summed E-state index contributed by atoms with van der Waals surface area (Å²) < 4.78 is 0. The summed E-state index contributed by atoms with van der Waals surface area (Å²) in [6, 6.07) is 9.92. The Morgan fingerprint density at radius 2 is 1.95 bits per heavy atom. The molecule has 19 heavy (non-hydrogen) atoms. The van der Waals surface area contributed by atoms with Gasteiger partial charge in [0.05, 0.1) is 32.8 Å². The van der Waals surface area contributed by atoms with Gasteiger partial charge in [0.25, 0.3) is 0 Å². The van der Waals surface area contributed by atoms with Gasteiger partial charge in [-0.1, -0.05) is 30.3 Å². The van der Waals surface area contributed by atoms with Crippen molar-refractivity contribution in [2.45, 2.75) is 6.54 Å². The third-order valence-corrected chi connectivity index (χ3v) is 3.51. The summed E-state index contributed by atoms with van der Waals surface area (Å²) in [7, 11) is 0. The number of carbonyl (C=O) groups is 1. The summed E-state index contributed by atoms with van der Waals surface area (Å²) in [5.74, 6) is 0. The standard InChI is InChI=1S/C14H21N3O2/c18-11-10-16-6-8-17(9-7-16)14(19)15-12-13-4-2-1-3-5-13/h1-5,18H,6-12H2,(H,15,19)/p+1. The molecule has 0 atom stereocenters. The minimum Gasteiger partial charge on any atom is -0.391 e. The van der Waals surface area contributed by atoms with E-state index in [0.717, 1.165) is 38.3 Å². The topological polar surface area (TPSA) is 57.0 Å². The maximum atomic E-state index is 12.0. The Morgan fingerprint density at radius 1 is 1.26 bits per heavy atom. The molecule has 0 unspecified atom stereocenters. The number of amides is 2. The number of rotatable bonds is 4. The number of benzene rings is 1. The summed E-state index contributed by atoms with van der Waals surface area (Å²) in [5.41, 5.74) is 1.11. The number of urea groups is 1. The number of nitrogens with zero attached hydrogens (tertiary/aromatic N) is 1. The van der Waals surface area contributed by atoms with Crippen LogP contribution in [0.2, 0.25) is 0 Å². The number of piperazine rings is 1. The van der Waals surface area contributed by atoms with Gasteiger partial charge in [-0.25, -0.2) is 4.79 Å². The number of aliphatic hydroxyl groups excluding tert-OH is 1. The molecule has 0 aromatic heterocycles. The van der Waals surface area contributed by atoms with Crippen molar-refractivity contribution in [1.29, 1.82) is 0 Å². The highest BCUT2D eigenvalue weighted by molar-refractivity contribution is 5.74. The molecule has 5 heteroatoms. The molecule has 0 bridgehead atoms. The van der Waals surface area contributed by atoms with Gasteiger partial charge >= 0.3 is 6.03 Å². The number of quaternary nitrogens is 1. The molecular weight excluding hydrogens is 242 g/mol. The Kier molecular flexibility index (Phi) is 5.18. The van der Waals surface area contributed by atoms with Crippen LogP contribution in [0.15, 0.2) is 30.3 Å². The van der Waals surface area contributed by atoms with E-state index in [1.165, 1.54) is 4.90 Å². The molecule has 0 spiro atoms. The van der Waals surface area contributed by atoms with E-state index in [-0.39, 0.29) is 12.6 Å². The van der Waals surface area contributed by atoms with Crippen molar-refractivity contribution in [3.8, 4) is 0 Å². The molecule has 1 fully saturated rings. The predicted octanol–water partition coefficient (Wildman–Crippen LogP) is -0.911. The van der Waals surface area contributed by atoms with Gasteiger partial charge in [-0.15, -0.1) is 0 Å². The van der Waals surface area contributed by atoms with E-state index in [0.29, 0.717) is 6.54 Å². The Bertz CT molecular complexity index is 389. The van der Waals surface area contributed by atoms with Crippen molar-refractivity contribution >= 4 is 6.03 Å². The Labute approximate surface area is 113 Å². The SMILES string of the molecule is O=C(NCc1ccccc1)N1CC[NH+](CCO)CC1. The first-order valence-electron chi connectivity index (χ1n) is 6.80. The fourth-order valence-corrected chi connectivity index (χ4v) is 2.32. The average Bonchev–Trinajstić information content (AvgIpc) is 2.47. The minimum atomic E-state index is 0.00639. The summed E-state index contributed by atoms with van der Waals surface area (Å²) >= 11 is 0. The van der Waals surface area contributed by atoms with Gasteiger partial charge in [-0.05, 0) is 5.56 Å². The second kappa shape index (κ2) is 7.11. The lowest BCUT2D eigenvalue weighted by molar-refractivity contribution is -0.904. The number of aliphatic hydroxyl groups is 1. The number of hydrogen-bond donors (Lipinski definition) is 3. The molecule has 1 aliphatic rings. The number of carbonyl (C=O) groups excluding carboxylic acids is 1. The van der Waals surface area contributed by atoms with Crippen LogP contribution in [0, 0.1) is 0 Å². The van der Waals surface area contributed by atoms with E-state index in [9.17, 15) is 4.79 Å². The predicted molar refractivity (Wildman–Crippen MR) is 72.9 cm³/mol. The van der Waals surface area contributed by atoms with Gasteiger partial charge in [0.1, 0.15) is 6.54 Å². The lowest BCUT2D eigenvalue weighted by Gasteiger charge is -2.31. The molecule has 1 saturated heterocycles. The molecule has 1 aromatic rings. The summed E-state index contributed by atoms with van der Waals surface area (Å²) in [5, 5.41) is 11.8. The van der Waals surface area contributed by atoms with Crippen LogP contribution in [-0.4, -0.2) is 55.4 Å². The van der Waals surface area contributed by atoms with E-state index in [2.05, 4.69) is 5.32 Å². The minimum absolute atomic E-state index is 0.00639. The van der Waals surface area contributed by atoms with Crippen LogP contribution in [0.5, 0.6) is 0 Å². The second-order valence-electron chi connectivity index (χ2n) is 4.85. The van der Waals surface area contributed by atoms with Crippen LogP contribution < -0.4 is 10.2 Å². The van der Waals surface area contributed by atoms with Crippen LogP contribution in [0.3, 0.4) is 0 Å². The Hall–Kier alpha value is -1.59. The van der Waals surface area contributed by atoms with Crippen molar-refractivity contribution in [3.63, 3.8) is 0 Å². The van der Waals surface area contributed by atoms with Gasteiger partial charge in [0.15, 0.2) is 0 Å². The summed E-state index contributed by atoms with van der Waals surface area (Å²) in [6.07, 6.45) is 0. The zero-order valence-corrected chi connectivity index (χ0v) is 11.1. The first kappa shape index (κ1) is 13.8. The molecule has 0 saturated carbocycles. The van der Waals surface area contributed by atoms with E-state index >= 15 is 0 Å². The Balaban J connectivity index is 1.73. The highest BCUT2D eigenvalue weighted by Gasteiger charge is 2.22. The molecule has 1 aliphatic heterocycles. The number of hydrogen-bond acceptors (Lipinski definition) is 2. The van der Waals surface area contributed by atoms with Crippen LogP contribution in [0.4, 0.5) is 4.79 Å². The van der Waals surface area contributed by atoms with Crippen LogP contribution in [0.1, 0.15) is 5.56 Å². The molecule has 3 N–H and O–H groups in total. The third kappa shape index (κ3) is 4.22. The zero-order chi connectivity index (χ0) is 13.5. The molecule has 2 rings (SSSR count). The molecule has 0 radical (unpaired) electrons.